The predicted octanol–water partition coefficient (Wildman–Crippen LogP) is 3.46. The van der Waals surface area contributed by atoms with Crippen LogP contribution in [0.2, 0.25) is 5.15 Å². The maximum Gasteiger partial charge on any atom is 0.151 e. The maximum atomic E-state index is 5.87. The summed E-state index contributed by atoms with van der Waals surface area (Å²) in [5.74, 6) is 3.28. The molecule has 6 heteroatoms. The normalized spacial score (nSPS) is 32.7. The fourth-order valence-corrected chi connectivity index (χ4v) is 5.25. The fourth-order valence-electron chi connectivity index (χ4n) is 5.15. The summed E-state index contributed by atoms with van der Waals surface area (Å²) in [6, 6.07) is 4.24. The first-order valence-corrected chi connectivity index (χ1v) is 9.97. The van der Waals surface area contributed by atoms with Crippen molar-refractivity contribution in [2.45, 2.75) is 51.2 Å². The molecular weight excluding hydrogens is 336 g/mol. The number of rotatable bonds is 4. The van der Waals surface area contributed by atoms with Crippen LogP contribution in [0, 0.1) is 17.8 Å². The molecule has 4 rings (SSSR count). The summed E-state index contributed by atoms with van der Waals surface area (Å²) in [7, 11) is 0. The molecule has 1 saturated carbocycles. The lowest BCUT2D eigenvalue weighted by atomic mass is 9.88. The Morgan fingerprint density at radius 1 is 1.24 bits per heavy atom. The van der Waals surface area contributed by atoms with Crippen LogP contribution in [0.5, 0.6) is 0 Å². The van der Waals surface area contributed by atoms with Crippen molar-refractivity contribution < 1.29 is 4.74 Å². The van der Waals surface area contributed by atoms with Crippen molar-refractivity contribution in [3.05, 3.63) is 17.3 Å². The molecule has 0 amide bonds. The Kier molecular flexibility index (Phi) is 4.91. The Labute approximate surface area is 155 Å². The number of hydrogen-bond acceptors (Lipinski definition) is 5. The van der Waals surface area contributed by atoms with E-state index in [0.717, 1.165) is 30.2 Å². The summed E-state index contributed by atoms with van der Waals surface area (Å²) in [6.45, 7) is 9.15. The molecule has 1 aromatic heterocycles. The van der Waals surface area contributed by atoms with E-state index >= 15 is 0 Å². The third kappa shape index (κ3) is 4.26. The summed E-state index contributed by atoms with van der Waals surface area (Å²) in [5.41, 5.74) is 0.0626. The summed E-state index contributed by atoms with van der Waals surface area (Å²) >= 11 is 5.81. The highest BCUT2D eigenvalue weighted by Gasteiger charge is 2.42. The average Bonchev–Trinajstić information content (AvgIpc) is 3.06. The highest BCUT2D eigenvalue weighted by molar-refractivity contribution is 6.29. The molecule has 0 spiro atoms. The first-order chi connectivity index (χ1) is 12.0. The maximum absolute atomic E-state index is 5.87. The van der Waals surface area contributed by atoms with E-state index in [9.17, 15) is 0 Å². The van der Waals surface area contributed by atoms with Gasteiger partial charge < -0.3 is 15.0 Å². The van der Waals surface area contributed by atoms with Crippen molar-refractivity contribution in [2.75, 3.05) is 31.6 Å². The zero-order valence-corrected chi connectivity index (χ0v) is 16.0. The Morgan fingerprint density at radius 3 is 2.64 bits per heavy atom. The number of nitrogens with zero attached hydrogens (tertiary/aromatic N) is 3. The lowest BCUT2D eigenvalue weighted by Crippen LogP contribution is -2.39. The Morgan fingerprint density at radius 2 is 2.00 bits per heavy atom. The average molecular weight is 365 g/mol. The summed E-state index contributed by atoms with van der Waals surface area (Å²) < 4.78 is 5.87. The number of hydrogen-bond donors (Lipinski definition) is 1. The second-order valence-corrected chi connectivity index (χ2v) is 9.15. The van der Waals surface area contributed by atoms with Gasteiger partial charge in [0.1, 0.15) is 5.82 Å². The van der Waals surface area contributed by atoms with Crippen molar-refractivity contribution in [3.63, 3.8) is 0 Å². The van der Waals surface area contributed by atoms with Crippen LogP contribution in [0.3, 0.4) is 0 Å². The number of ether oxygens (including phenoxy) is 1. The van der Waals surface area contributed by atoms with Gasteiger partial charge in [-0.3, -0.25) is 0 Å². The minimum absolute atomic E-state index is 0.0626. The molecule has 0 bridgehead atoms. The van der Waals surface area contributed by atoms with E-state index in [1.165, 1.54) is 45.3 Å². The minimum atomic E-state index is 0.0626. The Bertz CT molecular complexity index is 580. The van der Waals surface area contributed by atoms with E-state index in [4.69, 9.17) is 16.3 Å². The molecule has 2 aliphatic heterocycles. The molecule has 3 fully saturated rings. The molecule has 2 saturated heterocycles. The zero-order chi connectivity index (χ0) is 17.4. The molecule has 1 aliphatic carbocycles. The number of halogens is 1. The number of anilines is 1. The van der Waals surface area contributed by atoms with Crippen LogP contribution in [0.15, 0.2) is 12.1 Å². The SMILES string of the molecule is CC1(C)C[C@@H](CN2C[C@H]3CC(Nc4ccc(Cl)nn4)C[C@@H]3C2)CCO1. The molecule has 3 aliphatic rings. The molecule has 1 N–H and O–H groups in total. The van der Waals surface area contributed by atoms with Crippen molar-refractivity contribution in [2.24, 2.45) is 17.8 Å². The first-order valence-electron chi connectivity index (χ1n) is 9.59. The highest BCUT2D eigenvalue weighted by atomic mass is 35.5. The Hall–Kier alpha value is -0.910. The van der Waals surface area contributed by atoms with Crippen molar-refractivity contribution >= 4 is 17.4 Å². The highest BCUT2D eigenvalue weighted by Crippen LogP contribution is 2.40. The quantitative estimate of drug-likeness (QED) is 0.886. The van der Waals surface area contributed by atoms with Gasteiger partial charge in [0.25, 0.3) is 0 Å². The van der Waals surface area contributed by atoms with Gasteiger partial charge in [0.15, 0.2) is 5.15 Å². The molecule has 25 heavy (non-hydrogen) atoms. The van der Waals surface area contributed by atoms with Gasteiger partial charge >= 0.3 is 0 Å². The van der Waals surface area contributed by atoms with Gasteiger partial charge in [-0.25, -0.2) is 0 Å². The third-order valence-corrected chi connectivity index (χ3v) is 6.33. The number of likely N-dealkylation sites (tertiary alicyclic amines) is 1. The molecule has 0 aromatic carbocycles. The second-order valence-electron chi connectivity index (χ2n) is 8.76. The topological polar surface area (TPSA) is 50.3 Å². The minimum Gasteiger partial charge on any atom is -0.376 e. The molecule has 0 radical (unpaired) electrons. The summed E-state index contributed by atoms with van der Waals surface area (Å²) in [5, 5.41) is 12.0. The van der Waals surface area contributed by atoms with E-state index in [0.29, 0.717) is 11.2 Å². The zero-order valence-electron chi connectivity index (χ0n) is 15.2. The number of aromatic nitrogens is 2. The lowest BCUT2D eigenvalue weighted by molar-refractivity contribution is -0.0762. The van der Waals surface area contributed by atoms with Gasteiger partial charge in [0.05, 0.1) is 5.60 Å². The number of fused-ring (bicyclic) bond motifs is 1. The van der Waals surface area contributed by atoms with E-state index in [1.54, 1.807) is 6.07 Å². The largest absolute Gasteiger partial charge is 0.376 e. The van der Waals surface area contributed by atoms with Gasteiger partial charge in [-0.15, -0.1) is 10.2 Å². The van der Waals surface area contributed by atoms with Crippen LogP contribution in [0.4, 0.5) is 5.82 Å². The van der Waals surface area contributed by atoms with Gasteiger partial charge in [0, 0.05) is 32.3 Å². The predicted molar refractivity (Wildman–Crippen MR) is 99.9 cm³/mol. The molecule has 1 aromatic rings. The van der Waals surface area contributed by atoms with Crippen LogP contribution in [-0.4, -0.2) is 53.0 Å². The van der Waals surface area contributed by atoms with Crippen LogP contribution < -0.4 is 5.32 Å². The van der Waals surface area contributed by atoms with E-state index < -0.39 is 0 Å². The van der Waals surface area contributed by atoms with Crippen LogP contribution in [0.1, 0.15) is 39.5 Å². The van der Waals surface area contributed by atoms with Crippen molar-refractivity contribution in [1.29, 1.82) is 0 Å². The van der Waals surface area contributed by atoms with Gasteiger partial charge in [0.2, 0.25) is 0 Å². The molecule has 5 nitrogen and oxygen atoms in total. The molecule has 0 unspecified atom stereocenters. The van der Waals surface area contributed by atoms with E-state index in [2.05, 4.69) is 34.3 Å². The number of nitrogens with one attached hydrogen (secondary N) is 1. The van der Waals surface area contributed by atoms with Crippen LogP contribution >= 0.6 is 11.6 Å². The van der Waals surface area contributed by atoms with Crippen LogP contribution in [0.25, 0.3) is 0 Å². The third-order valence-electron chi connectivity index (χ3n) is 6.13. The molecular formula is C19H29ClN4O. The lowest BCUT2D eigenvalue weighted by Gasteiger charge is -2.37. The van der Waals surface area contributed by atoms with Crippen molar-refractivity contribution in [1.82, 2.24) is 15.1 Å². The summed E-state index contributed by atoms with van der Waals surface area (Å²) in [6.07, 6.45) is 4.89. The monoisotopic (exact) mass is 364 g/mol. The van der Waals surface area contributed by atoms with Crippen LogP contribution in [-0.2, 0) is 4.74 Å². The van der Waals surface area contributed by atoms with Gasteiger partial charge in [-0.2, -0.15) is 0 Å². The molecule has 3 heterocycles. The van der Waals surface area contributed by atoms with E-state index in [-0.39, 0.29) is 5.60 Å². The first kappa shape index (κ1) is 17.5. The smallest absolute Gasteiger partial charge is 0.151 e. The van der Waals surface area contributed by atoms with Gasteiger partial charge in [-0.1, -0.05) is 11.6 Å². The molecule has 3 atom stereocenters. The Balaban J connectivity index is 1.25. The van der Waals surface area contributed by atoms with E-state index in [1.807, 2.05) is 6.07 Å². The van der Waals surface area contributed by atoms with Crippen molar-refractivity contribution in [3.8, 4) is 0 Å². The standard InChI is InChI=1S/C19H29ClN4O/c1-19(2)9-13(5-6-25-19)10-24-11-14-7-16(8-15(14)12-24)21-18-4-3-17(20)22-23-18/h3-4,13-16H,5-12H2,1-2H3,(H,21,23)/t13-,14+,15+/m0/s1. The molecule has 138 valence electrons. The second kappa shape index (κ2) is 7.01. The fraction of sp³-hybridized carbons (Fsp3) is 0.789. The summed E-state index contributed by atoms with van der Waals surface area (Å²) in [4.78, 5) is 2.71. The van der Waals surface area contributed by atoms with Gasteiger partial charge in [-0.05, 0) is 69.4 Å².